The predicted octanol–water partition coefficient (Wildman–Crippen LogP) is 4.55. The number of esters is 2. The van der Waals surface area contributed by atoms with Crippen molar-refractivity contribution in [3.05, 3.63) is 108 Å². The van der Waals surface area contributed by atoms with Gasteiger partial charge in [-0.1, -0.05) is 91.0 Å². The van der Waals surface area contributed by atoms with Gasteiger partial charge in [0.2, 0.25) is 6.10 Å². The summed E-state index contributed by atoms with van der Waals surface area (Å²) in [6.45, 7) is 1.27. The molecule has 182 valence electrons. The average Bonchev–Trinajstić information content (AvgIpc) is 2.88. The van der Waals surface area contributed by atoms with E-state index in [0.29, 0.717) is 16.7 Å². The minimum absolute atomic E-state index is 0.489. The lowest BCUT2D eigenvalue weighted by molar-refractivity contribution is -0.183. The third-order valence-electron chi connectivity index (χ3n) is 5.39. The van der Waals surface area contributed by atoms with Crippen LogP contribution in [0.3, 0.4) is 0 Å². The number of ketones is 1. The summed E-state index contributed by atoms with van der Waals surface area (Å²) in [4.78, 5) is 38.9. The molecule has 0 spiro atoms. The maximum Gasteiger partial charge on any atom is 0.340 e. The minimum Gasteiger partial charge on any atom is -0.451 e. The molecule has 0 aromatic heterocycles. The van der Waals surface area contributed by atoms with Gasteiger partial charge in [-0.2, -0.15) is 0 Å². The number of rotatable bonds is 11. The van der Waals surface area contributed by atoms with Crippen LogP contribution in [0.4, 0.5) is 0 Å². The van der Waals surface area contributed by atoms with Gasteiger partial charge in [-0.3, -0.25) is 4.79 Å². The summed E-state index contributed by atoms with van der Waals surface area (Å²) < 4.78 is 22.1. The van der Waals surface area contributed by atoms with Gasteiger partial charge in [-0.15, -0.1) is 0 Å². The van der Waals surface area contributed by atoms with Gasteiger partial charge >= 0.3 is 11.9 Å². The van der Waals surface area contributed by atoms with E-state index in [1.54, 1.807) is 78.9 Å². The molecule has 0 saturated carbocycles. The molecule has 0 aliphatic carbocycles. The fourth-order valence-corrected chi connectivity index (χ4v) is 3.67. The van der Waals surface area contributed by atoms with Crippen LogP contribution in [0.15, 0.2) is 91.0 Å². The Bertz CT molecular complexity index is 1100. The van der Waals surface area contributed by atoms with Crippen LogP contribution in [0.1, 0.15) is 41.9 Å². The lowest BCUT2D eigenvalue weighted by Crippen LogP contribution is -2.37. The van der Waals surface area contributed by atoms with Crippen LogP contribution in [0, 0.1) is 0 Å². The van der Waals surface area contributed by atoms with E-state index in [1.807, 2.05) is 12.1 Å². The molecule has 7 heteroatoms. The summed E-state index contributed by atoms with van der Waals surface area (Å²) in [5.74, 6) is -1.99. The summed E-state index contributed by atoms with van der Waals surface area (Å²) in [5.41, 5.74) is 1.65. The number of benzene rings is 3. The van der Waals surface area contributed by atoms with Crippen molar-refractivity contribution in [3.8, 4) is 0 Å². The number of hydrogen-bond donors (Lipinski definition) is 0. The van der Waals surface area contributed by atoms with Crippen LogP contribution >= 0.6 is 0 Å². The van der Waals surface area contributed by atoms with Gasteiger partial charge in [-0.05, 0) is 23.6 Å². The van der Waals surface area contributed by atoms with E-state index >= 15 is 0 Å². The Kier molecular flexibility index (Phi) is 9.29. The zero-order valence-corrected chi connectivity index (χ0v) is 19.8. The van der Waals surface area contributed by atoms with Crippen LogP contribution in [-0.2, 0) is 33.3 Å². The Balaban J connectivity index is 1.91. The highest BCUT2D eigenvalue weighted by Crippen LogP contribution is 2.30. The molecule has 7 nitrogen and oxygen atoms in total. The zero-order chi connectivity index (χ0) is 25.2. The van der Waals surface area contributed by atoms with Crippen molar-refractivity contribution in [3.63, 3.8) is 0 Å². The molecule has 0 unspecified atom stereocenters. The van der Waals surface area contributed by atoms with E-state index < -0.39 is 42.1 Å². The molecule has 0 amide bonds. The summed E-state index contributed by atoms with van der Waals surface area (Å²) in [6, 6.07) is 26.3. The van der Waals surface area contributed by atoms with Crippen LogP contribution in [0.25, 0.3) is 0 Å². The minimum atomic E-state index is -1.40. The smallest absolute Gasteiger partial charge is 0.340 e. The first-order valence-electron chi connectivity index (χ1n) is 11.1. The zero-order valence-electron chi connectivity index (χ0n) is 19.8. The summed E-state index contributed by atoms with van der Waals surface area (Å²) in [5, 5.41) is 0. The lowest BCUT2D eigenvalue weighted by Gasteiger charge is -2.28. The molecular weight excluding hydrogens is 448 g/mol. The topological polar surface area (TPSA) is 88.1 Å². The van der Waals surface area contributed by atoms with Crippen LogP contribution < -0.4 is 0 Å². The Labute approximate surface area is 204 Å². The summed E-state index contributed by atoms with van der Waals surface area (Å²) >= 11 is 0. The molecule has 0 N–H and O–H groups in total. The number of hydrogen-bond acceptors (Lipinski definition) is 7. The second-order valence-corrected chi connectivity index (χ2v) is 7.79. The predicted molar refractivity (Wildman–Crippen MR) is 128 cm³/mol. The van der Waals surface area contributed by atoms with Gasteiger partial charge in [0.15, 0.2) is 24.1 Å². The van der Waals surface area contributed by atoms with Crippen molar-refractivity contribution >= 4 is 17.7 Å². The Morgan fingerprint density at radius 1 is 0.571 bits per heavy atom. The average molecular weight is 477 g/mol. The van der Waals surface area contributed by atoms with Gasteiger partial charge in [0.1, 0.15) is 0 Å². The number of ether oxygens (including phenoxy) is 4. The molecule has 35 heavy (non-hydrogen) atoms. The monoisotopic (exact) mass is 476 g/mol. The quantitative estimate of drug-likeness (QED) is 0.375. The van der Waals surface area contributed by atoms with Crippen molar-refractivity contribution in [2.45, 2.75) is 31.3 Å². The van der Waals surface area contributed by atoms with Crippen molar-refractivity contribution < 1.29 is 33.3 Å². The van der Waals surface area contributed by atoms with E-state index in [0.717, 1.165) is 0 Å². The van der Waals surface area contributed by atoms with E-state index in [2.05, 4.69) is 0 Å². The molecule has 0 saturated heterocycles. The maximum absolute atomic E-state index is 13.2. The maximum atomic E-state index is 13.2. The van der Waals surface area contributed by atoms with Gasteiger partial charge in [0.25, 0.3) is 0 Å². The molecule has 0 aliphatic rings. The fraction of sp³-hybridized carbons (Fsp3) is 0.250. The molecule has 4 atom stereocenters. The van der Waals surface area contributed by atoms with Crippen LogP contribution in [0.2, 0.25) is 0 Å². The van der Waals surface area contributed by atoms with Crippen molar-refractivity contribution in [1.82, 2.24) is 0 Å². The SMILES string of the molecule is CO[C@H](C(=O)O[C@H](C(C)=O)[C@@H](OC(=O)[C@@H](OC)c1ccccc1)c1ccccc1)c1ccccc1. The van der Waals surface area contributed by atoms with Gasteiger partial charge in [-0.25, -0.2) is 9.59 Å². The van der Waals surface area contributed by atoms with Gasteiger partial charge in [0.05, 0.1) is 0 Å². The van der Waals surface area contributed by atoms with Crippen molar-refractivity contribution in [2.75, 3.05) is 14.2 Å². The van der Waals surface area contributed by atoms with E-state index in [-0.39, 0.29) is 0 Å². The first kappa shape index (κ1) is 25.8. The third-order valence-corrected chi connectivity index (χ3v) is 5.39. The number of Topliss-reactive ketones (excluding diaryl/α,β-unsaturated/α-hetero) is 1. The van der Waals surface area contributed by atoms with Gasteiger partial charge < -0.3 is 18.9 Å². The molecular formula is C28H28O7. The standard InChI is InChI=1S/C28H28O7/c1-19(29)23(34-27(30)25(32-2)21-15-9-5-10-16-21)24(20-13-7-4-8-14-20)35-28(31)26(33-3)22-17-11-6-12-18-22/h4-18,23-26H,1-3H3/t23-,24+,25+,26+/m1/s1. The van der Waals surface area contributed by atoms with Gasteiger partial charge in [0, 0.05) is 14.2 Å². The number of carbonyl (C=O) groups is 3. The van der Waals surface area contributed by atoms with Crippen molar-refractivity contribution in [2.24, 2.45) is 0 Å². The summed E-state index contributed by atoms with van der Waals surface area (Å²) in [7, 11) is 2.77. The molecule has 3 rings (SSSR count). The second-order valence-electron chi connectivity index (χ2n) is 7.79. The first-order valence-corrected chi connectivity index (χ1v) is 11.1. The third kappa shape index (κ3) is 6.62. The second kappa shape index (κ2) is 12.6. The Morgan fingerprint density at radius 2 is 0.943 bits per heavy atom. The molecule has 0 radical (unpaired) electrons. The highest BCUT2D eigenvalue weighted by molar-refractivity contribution is 5.86. The van der Waals surface area contributed by atoms with Crippen LogP contribution in [-0.4, -0.2) is 38.0 Å². The molecule has 0 bridgehead atoms. The lowest BCUT2D eigenvalue weighted by atomic mass is 10.0. The fourth-order valence-electron chi connectivity index (χ4n) is 3.67. The first-order chi connectivity index (χ1) is 17.0. The van der Waals surface area contributed by atoms with E-state index in [1.165, 1.54) is 21.1 Å². The number of carbonyl (C=O) groups excluding carboxylic acids is 3. The highest BCUT2D eigenvalue weighted by Gasteiger charge is 2.38. The normalized spacial score (nSPS) is 14.3. The summed E-state index contributed by atoms with van der Waals surface area (Å²) in [6.07, 6.45) is -4.67. The van der Waals surface area contributed by atoms with E-state index in [4.69, 9.17) is 18.9 Å². The number of methoxy groups -OCH3 is 2. The molecule has 3 aromatic rings. The molecule has 0 heterocycles. The van der Waals surface area contributed by atoms with E-state index in [9.17, 15) is 14.4 Å². The van der Waals surface area contributed by atoms with Crippen molar-refractivity contribution in [1.29, 1.82) is 0 Å². The largest absolute Gasteiger partial charge is 0.451 e. The molecule has 0 aliphatic heterocycles. The van der Waals surface area contributed by atoms with Crippen LogP contribution in [0.5, 0.6) is 0 Å². The molecule has 0 fully saturated rings. The molecule has 3 aromatic carbocycles. The Morgan fingerprint density at radius 3 is 1.31 bits per heavy atom. The Hall–Kier alpha value is -3.81. The highest BCUT2D eigenvalue weighted by atomic mass is 16.6.